The Morgan fingerprint density at radius 2 is 1.87 bits per heavy atom. The molecular weight excluding hydrogens is 476 g/mol. The van der Waals surface area contributed by atoms with Gasteiger partial charge < -0.3 is 10.6 Å². The third-order valence-corrected chi connectivity index (χ3v) is 7.69. The Bertz CT molecular complexity index is 1500. The van der Waals surface area contributed by atoms with Gasteiger partial charge in [-0.3, -0.25) is 18.6 Å². The molecule has 0 aliphatic carbocycles. The van der Waals surface area contributed by atoms with Crippen molar-refractivity contribution in [2.45, 2.75) is 78.7 Å². The van der Waals surface area contributed by atoms with Crippen molar-refractivity contribution in [1.82, 2.24) is 29.5 Å². The molecule has 1 aliphatic rings. The van der Waals surface area contributed by atoms with Crippen LogP contribution in [0.1, 0.15) is 45.6 Å². The Kier molecular flexibility index (Phi) is 7.51. The number of rotatable bonds is 9. The number of nitrogens with one attached hydrogen (secondary N) is 2. The van der Waals surface area contributed by atoms with E-state index in [9.17, 15) is 9.59 Å². The van der Waals surface area contributed by atoms with Gasteiger partial charge in [0.05, 0.1) is 11.0 Å². The van der Waals surface area contributed by atoms with Gasteiger partial charge >= 0.3 is 5.69 Å². The van der Waals surface area contributed by atoms with Crippen LogP contribution in [0.15, 0.2) is 53.5 Å². The zero-order chi connectivity index (χ0) is 26.8. The lowest BCUT2D eigenvalue weighted by Gasteiger charge is -2.23. The fourth-order valence-corrected chi connectivity index (χ4v) is 5.76. The summed E-state index contributed by atoms with van der Waals surface area (Å²) in [5, 5.41) is 11.6. The molecule has 0 radical (unpaired) electrons. The SMILES string of the molecule is CCC(NC(=O)Cn1cc(-c2ccc3c(c2)n(CC)c(=O)n3CC)c(-c2cccc(C)c2)n1)C1CCCN1. The molecule has 2 aromatic carbocycles. The van der Waals surface area contributed by atoms with Crippen LogP contribution in [0.4, 0.5) is 0 Å². The minimum atomic E-state index is -0.0364. The fourth-order valence-electron chi connectivity index (χ4n) is 5.76. The molecule has 0 spiro atoms. The molecule has 2 unspecified atom stereocenters. The first-order valence-electron chi connectivity index (χ1n) is 13.8. The van der Waals surface area contributed by atoms with E-state index in [-0.39, 0.29) is 24.2 Å². The molecular formula is C30H38N6O2. The van der Waals surface area contributed by atoms with Gasteiger partial charge in [-0.1, -0.05) is 36.8 Å². The van der Waals surface area contributed by atoms with Crippen molar-refractivity contribution >= 4 is 16.9 Å². The smallest absolute Gasteiger partial charge is 0.329 e. The number of hydrogen-bond donors (Lipinski definition) is 2. The number of amides is 1. The van der Waals surface area contributed by atoms with Gasteiger partial charge in [0.2, 0.25) is 5.91 Å². The molecule has 0 saturated carbocycles. The number of nitrogens with zero attached hydrogens (tertiary/aromatic N) is 4. The molecule has 1 aliphatic heterocycles. The molecule has 5 rings (SSSR count). The third-order valence-electron chi connectivity index (χ3n) is 7.69. The van der Waals surface area contributed by atoms with Gasteiger partial charge in [0.15, 0.2) is 0 Å². The zero-order valence-corrected chi connectivity index (χ0v) is 22.8. The lowest BCUT2D eigenvalue weighted by molar-refractivity contribution is -0.122. The first kappa shape index (κ1) is 26.0. The Morgan fingerprint density at radius 3 is 2.55 bits per heavy atom. The maximum absolute atomic E-state index is 13.1. The van der Waals surface area contributed by atoms with Crippen LogP contribution in [0.2, 0.25) is 0 Å². The van der Waals surface area contributed by atoms with Crippen molar-refractivity contribution in [2.24, 2.45) is 0 Å². The minimum absolute atomic E-state index is 0.00987. The average molecular weight is 515 g/mol. The van der Waals surface area contributed by atoms with Crippen LogP contribution in [-0.4, -0.2) is 43.5 Å². The van der Waals surface area contributed by atoms with E-state index in [1.807, 2.05) is 42.8 Å². The van der Waals surface area contributed by atoms with Crippen molar-refractivity contribution in [3.05, 3.63) is 64.7 Å². The largest absolute Gasteiger partial charge is 0.350 e. The van der Waals surface area contributed by atoms with Gasteiger partial charge in [0.1, 0.15) is 12.2 Å². The van der Waals surface area contributed by atoms with Gasteiger partial charge in [0, 0.05) is 42.5 Å². The Hall–Kier alpha value is -3.65. The lowest BCUT2D eigenvalue weighted by atomic mass is 10.0. The maximum atomic E-state index is 13.1. The average Bonchev–Trinajstić information content (AvgIpc) is 3.64. The summed E-state index contributed by atoms with van der Waals surface area (Å²) in [5.41, 5.74) is 6.73. The number of imidazole rings is 1. The second kappa shape index (κ2) is 11.0. The first-order valence-corrected chi connectivity index (χ1v) is 13.8. The molecule has 1 saturated heterocycles. The molecule has 8 heteroatoms. The van der Waals surface area contributed by atoms with E-state index in [0.29, 0.717) is 19.1 Å². The normalized spacial score (nSPS) is 16.3. The Morgan fingerprint density at radius 1 is 1.08 bits per heavy atom. The van der Waals surface area contributed by atoms with E-state index in [0.717, 1.165) is 64.8 Å². The van der Waals surface area contributed by atoms with E-state index >= 15 is 0 Å². The topological polar surface area (TPSA) is 85.9 Å². The number of benzene rings is 2. The van der Waals surface area contributed by atoms with Gasteiger partial charge in [-0.25, -0.2) is 4.79 Å². The van der Waals surface area contributed by atoms with Gasteiger partial charge in [-0.2, -0.15) is 5.10 Å². The first-order chi connectivity index (χ1) is 18.4. The van der Waals surface area contributed by atoms with Crippen molar-refractivity contribution < 1.29 is 4.79 Å². The second-order valence-electron chi connectivity index (χ2n) is 10.2. The summed E-state index contributed by atoms with van der Waals surface area (Å²) in [6.07, 6.45) is 5.09. The highest BCUT2D eigenvalue weighted by molar-refractivity contribution is 5.88. The highest BCUT2D eigenvalue weighted by Gasteiger charge is 2.25. The molecule has 38 heavy (non-hydrogen) atoms. The Labute approximate surface area is 223 Å². The molecule has 1 fully saturated rings. The van der Waals surface area contributed by atoms with Crippen LogP contribution >= 0.6 is 0 Å². The standard InChI is InChI=1S/C30H38N6O2/c1-5-24(25-12-9-15-31-25)32-28(37)19-34-18-23(29(33-34)22-11-8-10-20(4)16-22)21-13-14-26-27(17-21)36(7-3)30(38)35(26)6-2/h8,10-11,13-14,16-18,24-25,31H,5-7,9,12,15,19H2,1-4H3,(H,32,37). The van der Waals surface area contributed by atoms with E-state index in [2.05, 4.69) is 48.7 Å². The van der Waals surface area contributed by atoms with E-state index in [1.54, 1.807) is 9.25 Å². The van der Waals surface area contributed by atoms with Crippen molar-refractivity contribution in [1.29, 1.82) is 0 Å². The predicted octanol–water partition coefficient (Wildman–Crippen LogP) is 4.33. The maximum Gasteiger partial charge on any atom is 0.329 e. The quantitative estimate of drug-likeness (QED) is 0.348. The number of aromatic nitrogens is 4. The highest BCUT2D eigenvalue weighted by Crippen LogP contribution is 2.33. The monoisotopic (exact) mass is 514 g/mol. The van der Waals surface area contributed by atoms with Crippen LogP contribution in [-0.2, 0) is 24.4 Å². The van der Waals surface area contributed by atoms with E-state index in [1.165, 1.54) is 0 Å². The van der Waals surface area contributed by atoms with Gasteiger partial charge in [0.25, 0.3) is 0 Å². The van der Waals surface area contributed by atoms with Crippen LogP contribution < -0.4 is 16.3 Å². The number of hydrogen-bond acceptors (Lipinski definition) is 4. The molecule has 0 bridgehead atoms. The molecule has 2 N–H and O–H groups in total. The molecule has 200 valence electrons. The van der Waals surface area contributed by atoms with Crippen LogP contribution in [0.3, 0.4) is 0 Å². The van der Waals surface area contributed by atoms with Crippen molar-refractivity contribution in [3.63, 3.8) is 0 Å². The van der Waals surface area contributed by atoms with E-state index in [4.69, 9.17) is 5.10 Å². The number of carbonyl (C=O) groups is 1. The summed E-state index contributed by atoms with van der Waals surface area (Å²) in [5.74, 6) is -0.0364. The summed E-state index contributed by atoms with van der Waals surface area (Å²) in [6, 6.07) is 14.9. The molecule has 1 amide bonds. The highest BCUT2D eigenvalue weighted by atomic mass is 16.2. The van der Waals surface area contributed by atoms with Crippen LogP contribution in [0.5, 0.6) is 0 Å². The summed E-state index contributed by atoms with van der Waals surface area (Å²) in [6.45, 7) is 10.6. The van der Waals surface area contributed by atoms with Crippen LogP contribution in [0, 0.1) is 6.92 Å². The number of fused-ring (bicyclic) bond motifs is 1. The number of aryl methyl sites for hydroxylation is 3. The zero-order valence-electron chi connectivity index (χ0n) is 22.8. The Balaban J connectivity index is 1.53. The second-order valence-corrected chi connectivity index (χ2v) is 10.2. The summed E-state index contributed by atoms with van der Waals surface area (Å²) >= 11 is 0. The molecule has 8 nitrogen and oxygen atoms in total. The van der Waals surface area contributed by atoms with E-state index < -0.39 is 0 Å². The minimum Gasteiger partial charge on any atom is -0.350 e. The fraction of sp³-hybridized carbons (Fsp3) is 0.433. The molecule has 2 aromatic heterocycles. The van der Waals surface area contributed by atoms with Gasteiger partial charge in [-0.15, -0.1) is 0 Å². The molecule has 2 atom stereocenters. The summed E-state index contributed by atoms with van der Waals surface area (Å²) in [7, 11) is 0. The molecule has 4 aromatic rings. The van der Waals surface area contributed by atoms with Gasteiger partial charge in [-0.05, 0) is 70.3 Å². The summed E-state index contributed by atoms with van der Waals surface area (Å²) in [4.78, 5) is 26.0. The summed E-state index contributed by atoms with van der Waals surface area (Å²) < 4.78 is 5.36. The predicted molar refractivity (Wildman–Crippen MR) is 152 cm³/mol. The number of carbonyl (C=O) groups excluding carboxylic acids is 1. The lowest BCUT2D eigenvalue weighted by Crippen LogP contribution is -2.47. The third kappa shape index (κ3) is 4.92. The van der Waals surface area contributed by atoms with Crippen molar-refractivity contribution in [3.8, 4) is 22.4 Å². The van der Waals surface area contributed by atoms with Crippen LogP contribution in [0.25, 0.3) is 33.4 Å². The van der Waals surface area contributed by atoms with Crippen molar-refractivity contribution in [2.75, 3.05) is 6.54 Å². The molecule has 3 heterocycles.